The first-order valence-electron chi connectivity index (χ1n) is 9.88. The van der Waals surface area contributed by atoms with Gasteiger partial charge in [0.05, 0.1) is 6.54 Å². The number of urea groups is 1. The lowest BCUT2D eigenvalue weighted by Crippen LogP contribution is -2.51. The highest BCUT2D eigenvalue weighted by Gasteiger charge is 2.36. The lowest BCUT2D eigenvalue weighted by molar-refractivity contribution is 0.130. The molecule has 0 radical (unpaired) electrons. The predicted octanol–water partition coefficient (Wildman–Crippen LogP) is 2.04. The molecule has 142 valence electrons. The number of carbonyl (C=O) groups excluding carboxylic acids is 1. The number of amides is 2. The van der Waals surface area contributed by atoms with Gasteiger partial charge in [0.25, 0.3) is 5.56 Å². The Hall–Kier alpha value is -2.57. The fourth-order valence-electron chi connectivity index (χ4n) is 4.92. The van der Waals surface area contributed by atoms with Crippen LogP contribution in [0.2, 0.25) is 0 Å². The van der Waals surface area contributed by atoms with Crippen LogP contribution < -0.4 is 10.9 Å². The average molecular weight is 368 g/mol. The first-order chi connectivity index (χ1) is 13.2. The topological polar surface area (TPSA) is 80.4 Å². The van der Waals surface area contributed by atoms with E-state index in [0.717, 1.165) is 49.3 Å². The Bertz CT molecular complexity index is 932. The molecule has 3 aliphatic rings. The van der Waals surface area contributed by atoms with Crippen molar-refractivity contribution in [1.82, 2.24) is 19.9 Å². The van der Waals surface area contributed by atoms with Gasteiger partial charge in [-0.25, -0.2) is 4.79 Å². The number of pyridine rings is 1. The largest absolute Gasteiger partial charge is 0.361 e. The molecule has 1 saturated heterocycles. The number of aryl methyl sites for hydroxylation is 1. The van der Waals surface area contributed by atoms with Crippen molar-refractivity contribution in [2.75, 3.05) is 13.1 Å². The number of hydrogen-bond acceptors (Lipinski definition) is 4. The Balaban J connectivity index is 1.27. The number of likely N-dealkylation sites (tertiary alicyclic amines) is 1. The van der Waals surface area contributed by atoms with E-state index >= 15 is 0 Å². The molecule has 2 amide bonds. The zero-order chi connectivity index (χ0) is 18.4. The van der Waals surface area contributed by atoms with Crippen molar-refractivity contribution in [3.63, 3.8) is 0 Å². The fourth-order valence-corrected chi connectivity index (χ4v) is 4.92. The van der Waals surface area contributed by atoms with Crippen molar-refractivity contribution >= 4 is 6.03 Å². The molecule has 7 nitrogen and oxygen atoms in total. The van der Waals surface area contributed by atoms with E-state index in [-0.39, 0.29) is 17.5 Å². The summed E-state index contributed by atoms with van der Waals surface area (Å²) in [6, 6.07) is 5.41. The first kappa shape index (κ1) is 16.6. The average Bonchev–Trinajstić information content (AvgIpc) is 3.10. The van der Waals surface area contributed by atoms with Gasteiger partial charge in [-0.2, -0.15) is 0 Å². The molecular formula is C20H24N4O3. The summed E-state index contributed by atoms with van der Waals surface area (Å²) < 4.78 is 7.31. The van der Waals surface area contributed by atoms with Gasteiger partial charge in [-0.1, -0.05) is 11.2 Å². The van der Waals surface area contributed by atoms with Gasteiger partial charge in [-0.05, 0) is 37.7 Å². The minimum absolute atomic E-state index is 0.0519. The molecule has 4 heterocycles. The normalized spacial score (nSPS) is 23.5. The Morgan fingerprint density at radius 2 is 2.11 bits per heavy atom. The van der Waals surface area contributed by atoms with Gasteiger partial charge >= 0.3 is 6.03 Å². The van der Waals surface area contributed by atoms with Crippen molar-refractivity contribution in [2.24, 2.45) is 5.92 Å². The van der Waals surface area contributed by atoms with Crippen LogP contribution in [0.3, 0.4) is 0 Å². The predicted molar refractivity (Wildman–Crippen MR) is 98.5 cm³/mol. The molecule has 2 aromatic rings. The van der Waals surface area contributed by atoms with Crippen LogP contribution in [-0.2, 0) is 25.9 Å². The van der Waals surface area contributed by atoms with E-state index in [1.54, 1.807) is 6.07 Å². The second-order valence-corrected chi connectivity index (χ2v) is 8.00. The maximum atomic E-state index is 12.8. The second kappa shape index (κ2) is 6.55. The molecule has 27 heavy (non-hydrogen) atoms. The Morgan fingerprint density at radius 1 is 1.22 bits per heavy atom. The monoisotopic (exact) mass is 368 g/mol. The van der Waals surface area contributed by atoms with Crippen LogP contribution in [0, 0.1) is 5.92 Å². The highest BCUT2D eigenvalue weighted by molar-refractivity contribution is 5.74. The van der Waals surface area contributed by atoms with Gasteiger partial charge in [-0.3, -0.25) is 4.79 Å². The number of nitrogens with one attached hydrogen (secondary N) is 1. The summed E-state index contributed by atoms with van der Waals surface area (Å²) in [6.45, 7) is 2.47. The van der Waals surface area contributed by atoms with Crippen LogP contribution in [0.1, 0.15) is 47.9 Å². The van der Waals surface area contributed by atoms with Gasteiger partial charge in [-0.15, -0.1) is 0 Å². The zero-order valence-corrected chi connectivity index (χ0v) is 15.3. The lowest BCUT2D eigenvalue weighted by atomic mass is 9.83. The molecule has 1 aliphatic carbocycles. The molecule has 0 spiro atoms. The van der Waals surface area contributed by atoms with E-state index in [2.05, 4.69) is 10.5 Å². The molecule has 2 bridgehead atoms. The van der Waals surface area contributed by atoms with E-state index in [4.69, 9.17) is 4.52 Å². The van der Waals surface area contributed by atoms with Crippen molar-refractivity contribution in [3.05, 3.63) is 51.3 Å². The van der Waals surface area contributed by atoms with Crippen molar-refractivity contribution in [1.29, 1.82) is 0 Å². The number of fused-ring (bicyclic) bond motifs is 5. The first-order valence-corrected chi connectivity index (χ1v) is 9.88. The maximum absolute atomic E-state index is 12.8. The molecule has 0 aromatic carbocycles. The van der Waals surface area contributed by atoms with E-state index in [1.807, 2.05) is 21.6 Å². The van der Waals surface area contributed by atoms with E-state index < -0.39 is 0 Å². The molecule has 0 saturated carbocycles. The van der Waals surface area contributed by atoms with Gasteiger partial charge in [0, 0.05) is 49.3 Å². The molecule has 2 atom stereocenters. The molecule has 2 aliphatic heterocycles. The smallest absolute Gasteiger partial charge is 0.317 e. The third-order valence-corrected chi connectivity index (χ3v) is 6.21. The van der Waals surface area contributed by atoms with E-state index in [9.17, 15) is 9.59 Å². The highest BCUT2D eigenvalue weighted by Crippen LogP contribution is 2.35. The molecule has 5 rings (SSSR count). The van der Waals surface area contributed by atoms with E-state index in [1.165, 1.54) is 5.56 Å². The fraction of sp³-hybridized carbons (Fsp3) is 0.550. The summed E-state index contributed by atoms with van der Waals surface area (Å²) in [5.41, 5.74) is 3.18. The number of hydrogen-bond donors (Lipinski definition) is 1. The standard InChI is InChI=1S/C20H24N4O3/c25-19-7-3-5-17-14-8-13(11-24(17)19)10-23(12-14)20(26)21-9-16-15-4-1-2-6-18(15)27-22-16/h3,5,7,13-14H,1-2,4,6,8-12H2,(H,21,26)/t13-,14+/m0/s1. The zero-order valence-electron chi connectivity index (χ0n) is 15.3. The minimum atomic E-state index is -0.0519. The molecule has 1 N–H and O–H groups in total. The summed E-state index contributed by atoms with van der Waals surface area (Å²) >= 11 is 0. The summed E-state index contributed by atoms with van der Waals surface area (Å²) in [5.74, 6) is 1.55. The van der Waals surface area contributed by atoms with Crippen LogP contribution in [0.5, 0.6) is 0 Å². The second-order valence-electron chi connectivity index (χ2n) is 8.00. The number of piperidine rings is 1. The molecule has 2 aromatic heterocycles. The minimum Gasteiger partial charge on any atom is -0.361 e. The van der Waals surface area contributed by atoms with Gasteiger partial charge in [0.1, 0.15) is 11.5 Å². The Kier molecular flexibility index (Phi) is 4.02. The maximum Gasteiger partial charge on any atom is 0.317 e. The summed E-state index contributed by atoms with van der Waals surface area (Å²) in [5, 5.41) is 7.19. The van der Waals surface area contributed by atoms with Gasteiger partial charge in [0.15, 0.2) is 0 Å². The molecule has 0 unspecified atom stereocenters. The van der Waals surface area contributed by atoms with Gasteiger partial charge in [0.2, 0.25) is 0 Å². The SMILES string of the molecule is O=C(NCc1noc2c1CCCC2)N1C[C@@H]2C[C@H](C1)c1cccc(=O)n1C2. The van der Waals surface area contributed by atoms with Crippen molar-refractivity contribution in [3.8, 4) is 0 Å². The van der Waals surface area contributed by atoms with Gasteiger partial charge < -0.3 is 19.3 Å². The Morgan fingerprint density at radius 3 is 3.04 bits per heavy atom. The van der Waals surface area contributed by atoms with Crippen molar-refractivity contribution in [2.45, 2.75) is 51.1 Å². The number of nitrogens with zero attached hydrogens (tertiary/aromatic N) is 3. The Labute approximate surface area is 157 Å². The lowest BCUT2D eigenvalue weighted by Gasteiger charge is -2.42. The number of carbonyl (C=O) groups is 1. The number of rotatable bonds is 2. The van der Waals surface area contributed by atoms with Crippen LogP contribution in [-0.4, -0.2) is 33.7 Å². The summed E-state index contributed by atoms with van der Waals surface area (Å²) in [4.78, 5) is 26.8. The summed E-state index contributed by atoms with van der Waals surface area (Å²) in [7, 11) is 0. The molecule has 1 fully saturated rings. The summed E-state index contributed by atoms with van der Waals surface area (Å²) in [6.07, 6.45) is 5.29. The van der Waals surface area contributed by atoms with Crippen molar-refractivity contribution < 1.29 is 9.32 Å². The highest BCUT2D eigenvalue weighted by atomic mass is 16.5. The third-order valence-electron chi connectivity index (χ3n) is 6.21. The third kappa shape index (κ3) is 2.95. The van der Waals surface area contributed by atoms with E-state index in [0.29, 0.717) is 32.1 Å². The van der Waals surface area contributed by atoms with Crippen LogP contribution in [0.25, 0.3) is 0 Å². The quantitative estimate of drug-likeness (QED) is 0.880. The van der Waals surface area contributed by atoms with Crippen LogP contribution in [0.15, 0.2) is 27.5 Å². The van der Waals surface area contributed by atoms with Crippen LogP contribution >= 0.6 is 0 Å². The molecule has 7 heteroatoms. The number of aromatic nitrogens is 2. The molecular weight excluding hydrogens is 344 g/mol. The van der Waals surface area contributed by atoms with Crippen LogP contribution in [0.4, 0.5) is 4.79 Å².